The molecule has 0 saturated carbocycles. The monoisotopic (exact) mass is 264 g/mol. The number of nitrogens with two attached hydrogens (primary N) is 1. The Bertz CT molecular complexity index is 904. The molecule has 3 heterocycles. The smallest absolute Gasteiger partial charge is 0.153 e. The summed E-state index contributed by atoms with van der Waals surface area (Å²) in [6.45, 7) is 0.414. The van der Waals surface area contributed by atoms with Crippen LogP contribution in [0.5, 0.6) is 0 Å². The number of rotatable bonds is 2. The van der Waals surface area contributed by atoms with E-state index in [1.807, 2.05) is 30.3 Å². The second-order valence-corrected chi connectivity index (χ2v) is 4.58. The molecule has 0 radical (unpaired) electrons. The fourth-order valence-corrected chi connectivity index (χ4v) is 2.31. The Kier molecular flexibility index (Phi) is 2.30. The van der Waals surface area contributed by atoms with Crippen LogP contribution in [0, 0.1) is 0 Å². The first-order chi connectivity index (χ1) is 9.85. The van der Waals surface area contributed by atoms with Gasteiger partial charge in [-0.2, -0.15) is 5.10 Å². The number of hydrogen-bond acceptors (Lipinski definition) is 4. The Labute approximate surface area is 114 Å². The fraction of sp³-hybridized carbons (Fsp3) is 0.0714. The van der Waals surface area contributed by atoms with Gasteiger partial charge in [0.05, 0.1) is 34.9 Å². The summed E-state index contributed by atoms with van der Waals surface area (Å²) in [7, 11) is 0. The van der Waals surface area contributed by atoms with Crippen molar-refractivity contribution >= 4 is 16.7 Å². The fourth-order valence-electron chi connectivity index (χ4n) is 2.31. The van der Waals surface area contributed by atoms with Crippen molar-refractivity contribution in [3.63, 3.8) is 0 Å². The highest BCUT2D eigenvalue weighted by Crippen LogP contribution is 2.21. The minimum atomic E-state index is 0.414. The quantitative estimate of drug-likeness (QED) is 0.577. The van der Waals surface area contributed by atoms with Crippen LogP contribution < -0.4 is 5.73 Å². The predicted octanol–water partition coefficient (Wildman–Crippen LogP) is 1.73. The lowest BCUT2D eigenvalue weighted by atomic mass is 10.1. The molecule has 0 bridgehead atoms. The van der Waals surface area contributed by atoms with Crippen molar-refractivity contribution in [1.82, 2.24) is 24.6 Å². The Hall–Kier alpha value is -2.73. The van der Waals surface area contributed by atoms with E-state index >= 15 is 0 Å². The van der Waals surface area contributed by atoms with E-state index in [1.165, 1.54) is 0 Å². The SMILES string of the molecule is NCc1cnc2ccc(-c3ccc4nc[nH]c4c3)nn12. The molecule has 3 N–H and O–H groups in total. The summed E-state index contributed by atoms with van der Waals surface area (Å²) in [4.78, 5) is 11.6. The van der Waals surface area contributed by atoms with Crippen LogP contribution in [0.3, 0.4) is 0 Å². The van der Waals surface area contributed by atoms with Gasteiger partial charge in [-0.15, -0.1) is 0 Å². The van der Waals surface area contributed by atoms with Gasteiger partial charge >= 0.3 is 0 Å². The zero-order valence-electron chi connectivity index (χ0n) is 10.6. The van der Waals surface area contributed by atoms with Crippen molar-refractivity contribution in [3.8, 4) is 11.3 Å². The highest BCUT2D eigenvalue weighted by molar-refractivity contribution is 5.80. The molecule has 20 heavy (non-hydrogen) atoms. The Balaban J connectivity index is 1.91. The number of fused-ring (bicyclic) bond motifs is 2. The summed E-state index contributed by atoms with van der Waals surface area (Å²) in [5, 5.41) is 4.61. The van der Waals surface area contributed by atoms with Gasteiger partial charge in [0.25, 0.3) is 0 Å². The van der Waals surface area contributed by atoms with E-state index in [0.29, 0.717) is 6.54 Å². The summed E-state index contributed by atoms with van der Waals surface area (Å²) in [6.07, 6.45) is 3.44. The van der Waals surface area contributed by atoms with E-state index < -0.39 is 0 Å². The molecule has 0 saturated heterocycles. The molecule has 6 nitrogen and oxygen atoms in total. The normalized spacial score (nSPS) is 11.4. The van der Waals surface area contributed by atoms with Crippen LogP contribution in [0.2, 0.25) is 0 Å². The molecule has 0 fully saturated rings. The van der Waals surface area contributed by atoms with Gasteiger partial charge in [-0.25, -0.2) is 14.5 Å². The van der Waals surface area contributed by atoms with Crippen LogP contribution in [0.25, 0.3) is 27.9 Å². The number of aromatic nitrogens is 5. The minimum absolute atomic E-state index is 0.414. The summed E-state index contributed by atoms with van der Waals surface area (Å²) in [5.41, 5.74) is 11.2. The summed E-state index contributed by atoms with van der Waals surface area (Å²) < 4.78 is 1.78. The van der Waals surface area contributed by atoms with Gasteiger partial charge in [-0.1, -0.05) is 6.07 Å². The number of aromatic amines is 1. The maximum atomic E-state index is 5.70. The third-order valence-corrected chi connectivity index (χ3v) is 3.36. The molecule has 98 valence electrons. The van der Waals surface area contributed by atoms with Gasteiger partial charge in [0.1, 0.15) is 0 Å². The maximum absolute atomic E-state index is 5.70. The number of nitrogens with one attached hydrogen (secondary N) is 1. The van der Waals surface area contributed by atoms with E-state index in [4.69, 9.17) is 5.73 Å². The van der Waals surface area contributed by atoms with Crippen molar-refractivity contribution in [2.24, 2.45) is 5.73 Å². The first-order valence-corrected chi connectivity index (χ1v) is 6.32. The second kappa shape index (κ2) is 4.14. The van der Waals surface area contributed by atoms with E-state index in [2.05, 4.69) is 20.1 Å². The standard InChI is InChI=1S/C14H12N6/c15-6-10-7-16-14-4-3-11(19-20(10)14)9-1-2-12-13(5-9)18-8-17-12/h1-5,7-8H,6,15H2,(H,17,18). The van der Waals surface area contributed by atoms with Crippen LogP contribution in [-0.2, 0) is 6.54 Å². The van der Waals surface area contributed by atoms with E-state index in [9.17, 15) is 0 Å². The third kappa shape index (κ3) is 1.59. The zero-order valence-corrected chi connectivity index (χ0v) is 10.6. The van der Waals surface area contributed by atoms with Gasteiger partial charge in [-0.05, 0) is 24.3 Å². The van der Waals surface area contributed by atoms with Crippen LogP contribution >= 0.6 is 0 Å². The summed E-state index contributed by atoms with van der Waals surface area (Å²) >= 11 is 0. The molecule has 0 aliphatic heterocycles. The van der Waals surface area contributed by atoms with Crippen molar-refractivity contribution in [3.05, 3.63) is 48.5 Å². The van der Waals surface area contributed by atoms with E-state index in [-0.39, 0.29) is 0 Å². The van der Waals surface area contributed by atoms with Crippen molar-refractivity contribution in [2.45, 2.75) is 6.54 Å². The lowest BCUT2D eigenvalue weighted by Gasteiger charge is -2.03. The molecule has 0 aliphatic rings. The lowest BCUT2D eigenvalue weighted by Crippen LogP contribution is -2.04. The van der Waals surface area contributed by atoms with Crippen molar-refractivity contribution < 1.29 is 0 Å². The minimum Gasteiger partial charge on any atom is -0.345 e. The van der Waals surface area contributed by atoms with E-state index in [1.54, 1.807) is 17.0 Å². The maximum Gasteiger partial charge on any atom is 0.153 e. The van der Waals surface area contributed by atoms with Crippen molar-refractivity contribution in [2.75, 3.05) is 0 Å². The van der Waals surface area contributed by atoms with Crippen LogP contribution in [0.4, 0.5) is 0 Å². The average Bonchev–Trinajstić information content (AvgIpc) is 3.12. The third-order valence-electron chi connectivity index (χ3n) is 3.36. The Morgan fingerprint density at radius 2 is 2.10 bits per heavy atom. The van der Waals surface area contributed by atoms with E-state index in [0.717, 1.165) is 33.6 Å². The molecule has 3 aromatic heterocycles. The molecule has 0 atom stereocenters. The van der Waals surface area contributed by atoms with Crippen LogP contribution in [-0.4, -0.2) is 24.6 Å². The number of H-pyrrole nitrogens is 1. The molecule has 0 aliphatic carbocycles. The zero-order chi connectivity index (χ0) is 13.5. The molecule has 0 amide bonds. The molecule has 0 spiro atoms. The van der Waals surface area contributed by atoms with Crippen LogP contribution in [0.15, 0.2) is 42.9 Å². The van der Waals surface area contributed by atoms with Gasteiger partial charge in [0.15, 0.2) is 5.65 Å². The first kappa shape index (κ1) is 11.1. The Morgan fingerprint density at radius 3 is 3.00 bits per heavy atom. The number of hydrogen-bond donors (Lipinski definition) is 2. The summed E-state index contributed by atoms with van der Waals surface area (Å²) in [5.74, 6) is 0. The lowest BCUT2D eigenvalue weighted by molar-refractivity contribution is 0.850. The molecule has 6 heteroatoms. The average molecular weight is 264 g/mol. The number of nitrogens with zero attached hydrogens (tertiary/aromatic N) is 4. The van der Waals surface area contributed by atoms with Gasteiger partial charge in [0, 0.05) is 12.1 Å². The van der Waals surface area contributed by atoms with Gasteiger partial charge in [-0.3, -0.25) is 0 Å². The molecular formula is C14H12N6. The predicted molar refractivity (Wildman–Crippen MR) is 76.0 cm³/mol. The van der Waals surface area contributed by atoms with Crippen LogP contribution in [0.1, 0.15) is 5.69 Å². The topological polar surface area (TPSA) is 84.9 Å². The van der Waals surface area contributed by atoms with Gasteiger partial charge in [0.2, 0.25) is 0 Å². The molecule has 1 aromatic carbocycles. The number of benzene rings is 1. The summed E-state index contributed by atoms with van der Waals surface area (Å²) in [6, 6.07) is 9.93. The first-order valence-electron chi connectivity index (χ1n) is 6.32. The largest absolute Gasteiger partial charge is 0.345 e. The highest BCUT2D eigenvalue weighted by Gasteiger charge is 2.07. The van der Waals surface area contributed by atoms with Crippen molar-refractivity contribution in [1.29, 1.82) is 0 Å². The molecule has 4 rings (SSSR count). The second-order valence-electron chi connectivity index (χ2n) is 4.58. The molecule has 0 unspecified atom stereocenters. The van der Waals surface area contributed by atoms with Gasteiger partial charge < -0.3 is 10.7 Å². The highest BCUT2D eigenvalue weighted by atomic mass is 15.3. The Morgan fingerprint density at radius 1 is 1.15 bits per heavy atom. The number of imidazole rings is 2. The molecule has 4 aromatic rings. The molecular weight excluding hydrogens is 252 g/mol.